The smallest absolute Gasteiger partial charge is 0.137 e. The normalized spacial score (nSPS) is 24.6. The average molecular weight is 193 g/mol. The van der Waals surface area contributed by atoms with Crippen molar-refractivity contribution in [2.75, 3.05) is 13.2 Å². The molecular formula is C11H15NO2. The lowest BCUT2D eigenvalue weighted by molar-refractivity contribution is 0.222. The van der Waals surface area contributed by atoms with E-state index in [1.807, 2.05) is 12.1 Å². The monoisotopic (exact) mass is 193 g/mol. The molecule has 0 radical (unpaired) electrons. The van der Waals surface area contributed by atoms with Crippen LogP contribution in [0.5, 0.6) is 5.75 Å². The quantitative estimate of drug-likeness (QED) is 0.671. The largest absolute Gasteiger partial charge is 0.492 e. The molecule has 0 spiro atoms. The van der Waals surface area contributed by atoms with Gasteiger partial charge in [-0.2, -0.15) is 0 Å². The number of pyridine rings is 1. The summed E-state index contributed by atoms with van der Waals surface area (Å²) >= 11 is 0. The zero-order chi connectivity index (χ0) is 9.86. The van der Waals surface area contributed by atoms with Crippen LogP contribution >= 0.6 is 0 Å². The second-order valence-electron chi connectivity index (χ2n) is 3.61. The molecule has 0 saturated carbocycles. The van der Waals surface area contributed by atoms with Gasteiger partial charge in [0.15, 0.2) is 0 Å². The second-order valence-corrected chi connectivity index (χ2v) is 3.61. The zero-order valence-electron chi connectivity index (χ0n) is 8.40. The summed E-state index contributed by atoms with van der Waals surface area (Å²) in [4.78, 5) is 3.98. The molecule has 3 nitrogen and oxygen atoms in total. The van der Waals surface area contributed by atoms with Crippen molar-refractivity contribution >= 4 is 0 Å². The van der Waals surface area contributed by atoms with E-state index in [4.69, 9.17) is 9.47 Å². The van der Waals surface area contributed by atoms with Crippen molar-refractivity contribution in [2.24, 2.45) is 0 Å². The van der Waals surface area contributed by atoms with E-state index in [-0.39, 0.29) is 5.60 Å². The number of epoxide rings is 1. The van der Waals surface area contributed by atoms with Gasteiger partial charge in [0, 0.05) is 12.6 Å². The lowest BCUT2D eigenvalue weighted by atomic mass is 10.1. The van der Waals surface area contributed by atoms with Gasteiger partial charge >= 0.3 is 0 Å². The van der Waals surface area contributed by atoms with Gasteiger partial charge in [0.2, 0.25) is 0 Å². The summed E-state index contributed by atoms with van der Waals surface area (Å²) in [5, 5.41) is 0. The number of nitrogens with zero attached hydrogens (tertiary/aromatic N) is 1. The minimum atomic E-state index is 0.127. The molecule has 1 atom stereocenters. The highest BCUT2D eigenvalue weighted by Crippen LogP contribution is 2.34. The Morgan fingerprint density at radius 3 is 3.07 bits per heavy atom. The molecule has 14 heavy (non-hydrogen) atoms. The predicted molar refractivity (Wildman–Crippen MR) is 53.3 cm³/mol. The van der Waals surface area contributed by atoms with Crippen molar-refractivity contribution in [3.63, 3.8) is 0 Å². The Kier molecular flexibility index (Phi) is 2.68. The maximum absolute atomic E-state index is 5.54. The topological polar surface area (TPSA) is 34.6 Å². The Hall–Kier alpha value is -1.09. The summed E-state index contributed by atoms with van der Waals surface area (Å²) in [5.74, 6) is 0.833. The van der Waals surface area contributed by atoms with Crippen LogP contribution in [0.3, 0.4) is 0 Å². The van der Waals surface area contributed by atoms with Crippen LogP contribution in [-0.4, -0.2) is 23.8 Å². The van der Waals surface area contributed by atoms with E-state index in [0.29, 0.717) is 6.61 Å². The Bertz CT molecular complexity index is 283. The molecule has 1 aliphatic heterocycles. The molecule has 0 amide bonds. The third kappa shape index (κ3) is 2.23. The molecule has 1 saturated heterocycles. The van der Waals surface area contributed by atoms with E-state index >= 15 is 0 Å². The van der Waals surface area contributed by atoms with Crippen LogP contribution in [-0.2, 0) is 4.74 Å². The molecule has 1 aromatic rings. The first-order valence-electron chi connectivity index (χ1n) is 5.01. The fourth-order valence-electron chi connectivity index (χ4n) is 1.41. The second kappa shape index (κ2) is 3.96. The summed E-state index contributed by atoms with van der Waals surface area (Å²) in [7, 11) is 0. The number of aromatic nitrogens is 1. The van der Waals surface area contributed by atoms with Gasteiger partial charge in [-0.05, 0) is 18.6 Å². The van der Waals surface area contributed by atoms with E-state index in [2.05, 4.69) is 11.9 Å². The maximum Gasteiger partial charge on any atom is 0.137 e. The van der Waals surface area contributed by atoms with E-state index < -0.39 is 0 Å². The Balaban J connectivity index is 1.73. The molecule has 1 aliphatic rings. The first-order valence-corrected chi connectivity index (χ1v) is 5.01. The van der Waals surface area contributed by atoms with Gasteiger partial charge in [0.05, 0.1) is 25.0 Å². The fraction of sp³-hybridized carbons (Fsp3) is 0.545. The van der Waals surface area contributed by atoms with E-state index in [0.717, 1.165) is 25.2 Å². The van der Waals surface area contributed by atoms with E-state index in [9.17, 15) is 0 Å². The van der Waals surface area contributed by atoms with Gasteiger partial charge in [-0.3, -0.25) is 4.98 Å². The van der Waals surface area contributed by atoms with Gasteiger partial charge < -0.3 is 9.47 Å². The SMILES string of the molecule is CCC1(CCOc2cccnc2)CO1. The molecule has 76 valence electrons. The first kappa shape index (κ1) is 9.46. The van der Waals surface area contributed by atoms with Crippen molar-refractivity contribution in [3.05, 3.63) is 24.5 Å². The van der Waals surface area contributed by atoms with Gasteiger partial charge in [-0.15, -0.1) is 0 Å². The minimum Gasteiger partial charge on any atom is -0.492 e. The summed E-state index contributed by atoms with van der Waals surface area (Å²) in [6.07, 6.45) is 5.51. The minimum absolute atomic E-state index is 0.127. The first-order chi connectivity index (χ1) is 6.85. The molecule has 2 rings (SSSR count). The van der Waals surface area contributed by atoms with Crippen molar-refractivity contribution in [1.29, 1.82) is 0 Å². The van der Waals surface area contributed by atoms with Crippen LogP contribution in [0.25, 0.3) is 0 Å². The molecule has 0 aliphatic carbocycles. The van der Waals surface area contributed by atoms with Gasteiger partial charge in [-0.25, -0.2) is 0 Å². The fourth-order valence-corrected chi connectivity index (χ4v) is 1.41. The Morgan fingerprint density at radius 2 is 2.50 bits per heavy atom. The molecule has 2 heterocycles. The highest BCUT2D eigenvalue weighted by atomic mass is 16.6. The van der Waals surface area contributed by atoms with Gasteiger partial charge in [-0.1, -0.05) is 6.92 Å². The van der Waals surface area contributed by atoms with Crippen LogP contribution in [0, 0.1) is 0 Å². The average Bonchev–Trinajstić information content (AvgIpc) is 3.00. The summed E-state index contributed by atoms with van der Waals surface area (Å²) in [6, 6.07) is 3.79. The number of hydrogen-bond acceptors (Lipinski definition) is 3. The van der Waals surface area contributed by atoms with Crippen molar-refractivity contribution < 1.29 is 9.47 Å². The van der Waals surface area contributed by atoms with Gasteiger partial charge in [0.1, 0.15) is 5.75 Å². The molecule has 1 unspecified atom stereocenters. The molecule has 3 heteroatoms. The third-order valence-electron chi connectivity index (χ3n) is 2.66. The lowest BCUT2D eigenvalue weighted by Crippen LogP contribution is -2.14. The molecule has 0 bridgehead atoms. The molecular weight excluding hydrogens is 178 g/mol. The van der Waals surface area contributed by atoms with Crippen LogP contribution in [0.4, 0.5) is 0 Å². The van der Waals surface area contributed by atoms with E-state index in [1.54, 1.807) is 12.4 Å². The highest BCUT2D eigenvalue weighted by molar-refractivity contribution is 5.15. The predicted octanol–water partition coefficient (Wildman–Crippen LogP) is 2.03. The number of hydrogen-bond donors (Lipinski definition) is 0. The van der Waals surface area contributed by atoms with Crippen molar-refractivity contribution in [2.45, 2.75) is 25.4 Å². The number of rotatable bonds is 5. The van der Waals surface area contributed by atoms with Crippen LogP contribution < -0.4 is 4.74 Å². The van der Waals surface area contributed by atoms with Crippen molar-refractivity contribution in [3.8, 4) is 5.75 Å². The highest BCUT2D eigenvalue weighted by Gasteiger charge is 2.42. The van der Waals surface area contributed by atoms with Crippen molar-refractivity contribution in [1.82, 2.24) is 4.98 Å². The lowest BCUT2D eigenvalue weighted by Gasteiger charge is -2.09. The van der Waals surface area contributed by atoms with Gasteiger partial charge in [0.25, 0.3) is 0 Å². The summed E-state index contributed by atoms with van der Waals surface area (Å²) < 4.78 is 10.9. The standard InChI is InChI=1S/C11H15NO2/c1-2-11(9-14-11)5-7-13-10-4-3-6-12-8-10/h3-4,6,8H,2,5,7,9H2,1H3. The molecule has 1 fully saturated rings. The Labute approximate surface area is 84.1 Å². The van der Waals surface area contributed by atoms with Crippen LogP contribution in [0.1, 0.15) is 19.8 Å². The van der Waals surface area contributed by atoms with Crippen LogP contribution in [0.2, 0.25) is 0 Å². The van der Waals surface area contributed by atoms with E-state index in [1.165, 1.54) is 0 Å². The maximum atomic E-state index is 5.54. The zero-order valence-corrected chi connectivity index (χ0v) is 8.40. The van der Waals surface area contributed by atoms with Crippen LogP contribution in [0.15, 0.2) is 24.5 Å². The summed E-state index contributed by atoms with van der Waals surface area (Å²) in [5.41, 5.74) is 0.127. The summed E-state index contributed by atoms with van der Waals surface area (Å²) in [6.45, 7) is 3.75. The number of ether oxygens (including phenoxy) is 2. The molecule has 0 aromatic carbocycles. The third-order valence-corrected chi connectivity index (χ3v) is 2.66. The Morgan fingerprint density at radius 1 is 1.64 bits per heavy atom. The molecule has 0 N–H and O–H groups in total. The molecule has 1 aromatic heterocycles.